The summed E-state index contributed by atoms with van der Waals surface area (Å²) < 4.78 is 0. The Morgan fingerprint density at radius 1 is 1.04 bits per heavy atom. The van der Waals surface area contributed by atoms with Crippen molar-refractivity contribution in [3.63, 3.8) is 0 Å². The minimum atomic E-state index is -0.486. The third-order valence-electron chi connectivity index (χ3n) is 3.01. The van der Waals surface area contributed by atoms with Crippen LogP contribution in [0.4, 0.5) is 0 Å². The summed E-state index contributed by atoms with van der Waals surface area (Å²) in [5.41, 5.74) is 2.12. The number of pyridine rings is 1. The molecule has 1 aromatic carbocycles. The van der Waals surface area contributed by atoms with Crippen molar-refractivity contribution in [2.75, 3.05) is 0 Å². The van der Waals surface area contributed by atoms with Gasteiger partial charge in [-0.05, 0) is 35.7 Å². The van der Waals surface area contributed by atoms with Gasteiger partial charge in [0.05, 0.1) is 0 Å². The third kappa shape index (κ3) is 3.83. The SMILES string of the molecule is O=C(O/N=C(/c1ccncc1)c1ccc(Cl)cc1)c1cccs1. The molecular weight excluding hydrogens is 332 g/mol. The van der Waals surface area contributed by atoms with Crippen LogP contribution < -0.4 is 0 Å². The van der Waals surface area contributed by atoms with Crippen molar-refractivity contribution in [1.29, 1.82) is 0 Å². The third-order valence-corrected chi connectivity index (χ3v) is 4.12. The molecule has 114 valence electrons. The summed E-state index contributed by atoms with van der Waals surface area (Å²) in [6.45, 7) is 0. The highest BCUT2D eigenvalue weighted by atomic mass is 35.5. The molecule has 2 heterocycles. The molecule has 0 bridgehead atoms. The molecule has 0 aliphatic heterocycles. The molecule has 0 saturated carbocycles. The molecule has 0 aliphatic carbocycles. The quantitative estimate of drug-likeness (QED) is 0.401. The lowest BCUT2D eigenvalue weighted by molar-refractivity contribution is 0.0523. The molecule has 0 radical (unpaired) electrons. The van der Waals surface area contributed by atoms with Crippen molar-refractivity contribution in [1.82, 2.24) is 4.98 Å². The molecule has 0 fully saturated rings. The van der Waals surface area contributed by atoms with Crippen LogP contribution >= 0.6 is 22.9 Å². The molecule has 0 N–H and O–H groups in total. The molecule has 4 nitrogen and oxygen atoms in total. The zero-order chi connectivity index (χ0) is 16.1. The van der Waals surface area contributed by atoms with Gasteiger partial charge >= 0.3 is 5.97 Å². The van der Waals surface area contributed by atoms with Crippen LogP contribution in [0.2, 0.25) is 5.02 Å². The first kappa shape index (κ1) is 15.4. The summed E-state index contributed by atoms with van der Waals surface area (Å²) >= 11 is 7.23. The predicted octanol–water partition coefficient (Wildman–Crippen LogP) is 4.41. The van der Waals surface area contributed by atoms with Gasteiger partial charge in [-0.2, -0.15) is 0 Å². The molecule has 0 amide bonds. The predicted molar refractivity (Wildman–Crippen MR) is 91.1 cm³/mol. The van der Waals surface area contributed by atoms with Crippen molar-refractivity contribution >= 4 is 34.6 Å². The monoisotopic (exact) mass is 342 g/mol. The largest absolute Gasteiger partial charge is 0.375 e. The first-order chi connectivity index (χ1) is 11.2. The summed E-state index contributed by atoms with van der Waals surface area (Å²) in [5.74, 6) is -0.486. The van der Waals surface area contributed by atoms with E-state index in [1.165, 1.54) is 11.3 Å². The second kappa shape index (κ2) is 7.17. The van der Waals surface area contributed by atoms with Gasteiger partial charge < -0.3 is 4.84 Å². The number of thiophene rings is 1. The lowest BCUT2D eigenvalue weighted by Crippen LogP contribution is -2.07. The number of nitrogens with zero attached hydrogens (tertiary/aromatic N) is 2. The highest BCUT2D eigenvalue weighted by molar-refractivity contribution is 7.11. The molecule has 6 heteroatoms. The summed E-state index contributed by atoms with van der Waals surface area (Å²) in [5, 5.41) is 6.49. The second-order valence-electron chi connectivity index (χ2n) is 4.54. The molecule has 0 aliphatic rings. The van der Waals surface area contributed by atoms with Crippen LogP contribution in [-0.4, -0.2) is 16.7 Å². The second-order valence-corrected chi connectivity index (χ2v) is 5.92. The van der Waals surface area contributed by atoms with Crippen LogP contribution in [-0.2, 0) is 4.84 Å². The number of benzene rings is 1. The molecule has 3 aromatic rings. The number of carbonyl (C=O) groups is 1. The minimum Gasteiger partial charge on any atom is -0.311 e. The fourth-order valence-electron chi connectivity index (χ4n) is 1.92. The highest BCUT2D eigenvalue weighted by Gasteiger charge is 2.12. The lowest BCUT2D eigenvalue weighted by atomic mass is 10.0. The van der Waals surface area contributed by atoms with E-state index in [0.717, 1.165) is 11.1 Å². The van der Waals surface area contributed by atoms with Crippen LogP contribution in [0.25, 0.3) is 0 Å². The number of rotatable bonds is 4. The number of hydrogen-bond acceptors (Lipinski definition) is 5. The standard InChI is InChI=1S/C17H11ClN2O2S/c18-14-5-3-12(4-6-14)16(13-7-9-19-10-8-13)20-22-17(21)15-2-1-11-23-15/h1-11H/b20-16+. The van der Waals surface area contributed by atoms with Gasteiger partial charge in [0, 0.05) is 28.5 Å². The van der Waals surface area contributed by atoms with E-state index < -0.39 is 5.97 Å². The smallest absolute Gasteiger partial charge is 0.311 e. The number of hydrogen-bond donors (Lipinski definition) is 0. The van der Waals surface area contributed by atoms with Crippen LogP contribution in [0.15, 0.2) is 71.5 Å². The van der Waals surface area contributed by atoms with E-state index in [9.17, 15) is 4.79 Å². The van der Waals surface area contributed by atoms with E-state index in [-0.39, 0.29) is 0 Å². The van der Waals surface area contributed by atoms with E-state index in [4.69, 9.17) is 16.4 Å². The average Bonchev–Trinajstić information content (AvgIpc) is 3.12. The molecule has 0 spiro atoms. The number of oxime groups is 1. The highest BCUT2D eigenvalue weighted by Crippen LogP contribution is 2.16. The zero-order valence-corrected chi connectivity index (χ0v) is 13.4. The maximum Gasteiger partial charge on any atom is 0.375 e. The summed E-state index contributed by atoms with van der Waals surface area (Å²) in [6, 6.07) is 14.2. The normalized spacial score (nSPS) is 11.3. The first-order valence-electron chi connectivity index (χ1n) is 6.73. The van der Waals surface area contributed by atoms with Crippen molar-refractivity contribution in [3.05, 3.63) is 87.3 Å². The topological polar surface area (TPSA) is 51.5 Å². The van der Waals surface area contributed by atoms with Crippen LogP contribution in [0.5, 0.6) is 0 Å². The Bertz CT molecular complexity index is 816. The van der Waals surface area contributed by atoms with Gasteiger partial charge in [0.1, 0.15) is 10.6 Å². The van der Waals surface area contributed by atoms with E-state index in [1.54, 1.807) is 48.8 Å². The maximum absolute atomic E-state index is 12.0. The first-order valence-corrected chi connectivity index (χ1v) is 7.99. The number of carbonyl (C=O) groups excluding carboxylic acids is 1. The lowest BCUT2D eigenvalue weighted by Gasteiger charge is -2.06. The van der Waals surface area contributed by atoms with Crippen molar-refractivity contribution in [3.8, 4) is 0 Å². The fraction of sp³-hybridized carbons (Fsp3) is 0. The van der Waals surface area contributed by atoms with Crippen LogP contribution in [0, 0.1) is 0 Å². The van der Waals surface area contributed by atoms with Crippen molar-refractivity contribution in [2.45, 2.75) is 0 Å². The van der Waals surface area contributed by atoms with Gasteiger partial charge in [0.25, 0.3) is 0 Å². The van der Waals surface area contributed by atoms with Gasteiger partial charge in [-0.15, -0.1) is 11.3 Å². The number of halogens is 1. The Morgan fingerprint density at radius 2 is 1.74 bits per heavy atom. The summed E-state index contributed by atoms with van der Waals surface area (Å²) in [6.07, 6.45) is 3.31. The number of aromatic nitrogens is 1. The van der Waals surface area contributed by atoms with Crippen molar-refractivity contribution < 1.29 is 9.63 Å². The van der Waals surface area contributed by atoms with Gasteiger partial charge in [-0.1, -0.05) is 35.0 Å². The molecule has 3 rings (SSSR count). The van der Waals surface area contributed by atoms with E-state index in [2.05, 4.69) is 10.1 Å². The Kier molecular flexibility index (Phi) is 4.80. The molecule has 23 heavy (non-hydrogen) atoms. The van der Waals surface area contributed by atoms with E-state index >= 15 is 0 Å². The summed E-state index contributed by atoms with van der Waals surface area (Å²) in [7, 11) is 0. The maximum atomic E-state index is 12.0. The Labute approximate surface area is 142 Å². The van der Waals surface area contributed by atoms with Crippen LogP contribution in [0.1, 0.15) is 20.8 Å². The van der Waals surface area contributed by atoms with E-state index in [0.29, 0.717) is 15.6 Å². The molecule has 0 unspecified atom stereocenters. The Balaban J connectivity index is 1.93. The zero-order valence-electron chi connectivity index (χ0n) is 11.8. The van der Waals surface area contributed by atoms with Crippen molar-refractivity contribution in [2.24, 2.45) is 5.16 Å². The molecule has 0 saturated heterocycles. The minimum absolute atomic E-state index is 0.486. The van der Waals surface area contributed by atoms with Gasteiger partial charge in [-0.25, -0.2) is 4.79 Å². The van der Waals surface area contributed by atoms with Gasteiger partial charge in [0.15, 0.2) is 0 Å². The Morgan fingerprint density at radius 3 is 2.39 bits per heavy atom. The molecule has 0 atom stereocenters. The van der Waals surface area contributed by atoms with E-state index in [1.807, 2.05) is 17.5 Å². The van der Waals surface area contributed by atoms with Gasteiger partial charge in [-0.3, -0.25) is 4.98 Å². The Hall–Kier alpha value is -2.50. The molecular formula is C17H11ClN2O2S. The van der Waals surface area contributed by atoms with Gasteiger partial charge in [0.2, 0.25) is 0 Å². The fourth-order valence-corrected chi connectivity index (χ4v) is 2.64. The van der Waals surface area contributed by atoms with Crippen LogP contribution in [0.3, 0.4) is 0 Å². The summed E-state index contributed by atoms with van der Waals surface area (Å²) in [4.78, 5) is 21.6. The molecule has 2 aromatic heterocycles. The average molecular weight is 343 g/mol.